The van der Waals surface area contributed by atoms with Gasteiger partial charge in [-0.15, -0.1) is 0 Å². The number of alkyl halides is 2. The van der Waals surface area contributed by atoms with Gasteiger partial charge in [-0.1, -0.05) is 6.07 Å². The van der Waals surface area contributed by atoms with E-state index in [1.165, 1.54) is 5.56 Å². The lowest BCUT2D eigenvalue weighted by Gasteiger charge is -2.32. The van der Waals surface area contributed by atoms with Crippen molar-refractivity contribution in [1.82, 2.24) is 4.90 Å². The van der Waals surface area contributed by atoms with Crippen molar-refractivity contribution < 1.29 is 13.6 Å². The third-order valence-corrected chi connectivity index (χ3v) is 4.98. The summed E-state index contributed by atoms with van der Waals surface area (Å²) < 4.78 is 26.6. The topological polar surface area (TPSA) is 32.3 Å². The zero-order valence-corrected chi connectivity index (χ0v) is 12.4. The molecule has 1 aromatic rings. The quantitative estimate of drug-likeness (QED) is 0.835. The van der Waals surface area contributed by atoms with Gasteiger partial charge in [-0.25, -0.2) is 13.6 Å². The highest BCUT2D eigenvalue weighted by atomic mass is 19.3. The van der Waals surface area contributed by atoms with Crippen LogP contribution in [-0.4, -0.2) is 29.9 Å². The Labute approximate surface area is 123 Å². The monoisotopic (exact) mass is 294 g/mol. The van der Waals surface area contributed by atoms with E-state index in [0.717, 1.165) is 11.3 Å². The standard InChI is InChI=1S/C16H20F2N2O/c1-11-3-4-13(9-12(11)2)19-14(21)20-7-5-15(6-8-20)10-16(15,17)18/h3-4,9H,5-8,10H2,1-2H3,(H,19,21). The summed E-state index contributed by atoms with van der Waals surface area (Å²) in [6.45, 7) is 4.82. The fraction of sp³-hybridized carbons (Fsp3) is 0.562. The summed E-state index contributed by atoms with van der Waals surface area (Å²) in [5, 5.41) is 2.85. The summed E-state index contributed by atoms with van der Waals surface area (Å²) in [7, 11) is 0. The maximum absolute atomic E-state index is 13.3. The maximum atomic E-state index is 13.3. The molecule has 1 aliphatic heterocycles. The highest BCUT2D eigenvalue weighted by Gasteiger charge is 2.70. The Morgan fingerprint density at radius 1 is 1.19 bits per heavy atom. The van der Waals surface area contributed by atoms with Gasteiger partial charge >= 0.3 is 6.03 Å². The molecule has 5 heteroatoms. The van der Waals surface area contributed by atoms with E-state index in [1.54, 1.807) is 4.90 Å². The SMILES string of the molecule is Cc1ccc(NC(=O)N2CCC3(CC2)CC3(F)F)cc1C. The molecule has 1 aliphatic carbocycles. The number of hydrogen-bond acceptors (Lipinski definition) is 1. The van der Waals surface area contributed by atoms with Crippen molar-refractivity contribution >= 4 is 11.7 Å². The summed E-state index contributed by atoms with van der Waals surface area (Å²) >= 11 is 0. The molecule has 0 radical (unpaired) electrons. The zero-order chi connectivity index (χ0) is 15.3. The van der Waals surface area contributed by atoms with Crippen LogP contribution in [-0.2, 0) is 0 Å². The van der Waals surface area contributed by atoms with E-state index in [0.29, 0.717) is 25.9 Å². The fourth-order valence-corrected chi connectivity index (χ4v) is 3.08. The van der Waals surface area contributed by atoms with Crippen molar-refractivity contribution in [3.63, 3.8) is 0 Å². The molecule has 3 nitrogen and oxygen atoms in total. The van der Waals surface area contributed by atoms with Gasteiger partial charge in [-0.3, -0.25) is 0 Å². The minimum atomic E-state index is -2.51. The van der Waals surface area contributed by atoms with Crippen LogP contribution in [0.4, 0.5) is 19.3 Å². The minimum Gasteiger partial charge on any atom is -0.324 e. The number of benzene rings is 1. The van der Waals surface area contributed by atoms with Crippen LogP contribution in [0.25, 0.3) is 0 Å². The second kappa shape index (κ2) is 4.68. The fourth-order valence-electron chi connectivity index (χ4n) is 3.08. The lowest BCUT2D eigenvalue weighted by molar-refractivity contribution is 0.0380. The molecule has 0 aromatic heterocycles. The van der Waals surface area contributed by atoms with E-state index in [9.17, 15) is 13.6 Å². The highest BCUT2D eigenvalue weighted by Crippen LogP contribution is 2.65. The molecule has 1 spiro atoms. The Morgan fingerprint density at radius 2 is 1.81 bits per heavy atom. The molecule has 1 aromatic carbocycles. The predicted molar refractivity (Wildman–Crippen MR) is 77.7 cm³/mol. The molecule has 1 saturated heterocycles. The lowest BCUT2D eigenvalue weighted by Crippen LogP contribution is -2.42. The molecule has 0 atom stereocenters. The van der Waals surface area contributed by atoms with Gasteiger partial charge in [-0.05, 0) is 49.9 Å². The van der Waals surface area contributed by atoms with E-state index in [2.05, 4.69) is 5.32 Å². The molecule has 2 aliphatic rings. The van der Waals surface area contributed by atoms with Gasteiger partial charge in [-0.2, -0.15) is 0 Å². The van der Waals surface area contributed by atoms with Crippen LogP contribution in [0.15, 0.2) is 18.2 Å². The van der Waals surface area contributed by atoms with E-state index in [-0.39, 0.29) is 12.5 Å². The number of aryl methyl sites for hydroxylation is 2. The third-order valence-electron chi connectivity index (χ3n) is 4.98. The van der Waals surface area contributed by atoms with Crippen molar-refractivity contribution in [3.8, 4) is 0 Å². The first kappa shape index (κ1) is 14.3. The van der Waals surface area contributed by atoms with Crippen molar-refractivity contribution in [2.24, 2.45) is 5.41 Å². The average molecular weight is 294 g/mol. The Kier molecular flexibility index (Phi) is 3.19. The van der Waals surface area contributed by atoms with Crippen molar-refractivity contribution in [2.75, 3.05) is 18.4 Å². The first-order valence-electron chi connectivity index (χ1n) is 7.34. The molecule has 114 valence electrons. The van der Waals surface area contributed by atoms with E-state index >= 15 is 0 Å². The van der Waals surface area contributed by atoms with Gasteiger partial charge in [0.25, 0.3) is 5.92 Å². The molecule has 2 fully saturated rings. The molecule has 1 heterocycles. The van der Waals surface area contributed by atoms with Crippen LogP contribution in [0, 0.1) is 19.3 Å². The van der Waals surface area contributed by atoms with Gasteiger partial charge in [0.05, 0.1) is 0 Å². The second-order valence-corrected chi connectivity index (χ2v) is 6.38. The minimum absolute atomic E-state index is 0.00733. The van der Waals surface area contributed by atoms with Crippen LogP contribution in [0.1, 0.15) is 30.4 Å². The average Bonchev–Trinajstić information content (AvgIpc) is 2.95. The number of rotatable bonds is 1. The first-order chi connectivity index (χ1) is 9.83. The maximum Gasteiger partial charge on any atom is 0.321 e. The molecule has 1 N–H and O–H groups in total. The van der Waals surface area contributed by atoms with Crippen molar-refractivity contribution in [1.29, 1.82) is 0 Å². The molecule has 2 amide bonds. The summed E-state index contributed by atoms with van der Waals surface area (Å²) in [4.78, 5) is 13.8. The smallest absolute Gasteiger partial charge is 0.321 e. The Bertz CT molecular complexity index is 578. The first-order valence-corrected chi connectivity index (χ1v) is 7.34. The van der Waals surface area contributed by atoms with Crippen LogP contribution in [0.5, 0.6) is 0 Å². The lowest BCUT2D eigenvalue weighted by atomic mass is 9.93. The summed E-state index contributed by atoms with van der Waals surface area (Å²) in [6.07, 6.45) is 0.799. The van der Waals surface area contributed by atoms with Crippen molar-refractivity contribution in [3.05, 3.63) is 29.3 Å². The Hall–Kier alpha value is -1.65. The molecular formula is C16H20F2N2O. The number of carbonyl (C=O) groups is 1. The number of nitrogens with one attached hydrogen (secondary N) is 1. The van der Waals surface area contributed by atoms with Gasteiger partial charge in [0.15, 0.2) is 0 Å². The number of nitrogens with zero attached hydrogens (tertiary/aromatic N) is 1. The summed E-state index contributed by atoms with van der Waals surface area (Å²) in [5.74, 6) is -2.51. The normalized spacial score (nSPS) is 22.2. The van der Waals surface area contributed by atoms with E-state index in [4.69, 9.17) is 0 Å². The Balaban J connectivity index is 1.58. The number of halogens is 2. The number of urea groups is 1. The van der Waals surface area contributed by atoms with Crippen LogP contribution >= 0.6 is 0 Å². The Morgan fingerprint density at radius 3 is 2.33 bits per heavy atom. The number of hydrogen-bond donors (Lipinski definition) is 1. The van der Waals surface area contributed by atoms with E-state index in [1.807, 2.05) is 32.0 Å². The molecule has 21 heavy (non-hydrogen) atoms. The van der Waals surface area contributed by atoms with Gasteiger partial charge in [0.1, 0.15) is 0 Å². The highest BCUT2D eigenvalue weighted by molar-refractivity contribution is 5.89. The number of amides is 2. The number of likely N-dealkylation sites (tertiary alicyclic amines) is 1. The van der Waals surface area contributed by atoms with Gasteiger partial charge in [0.2, 0.25) is 0 Å². The summed E-state index contributed by atoms with van der Waals surface area (Å²) in [5.41, 5.74) is 2.22. The largest absolute Gasteiger partial charge is 0.324 e. The summed E-state index contributed by atoms with van der Waals surface area (Å²) in [6, 6.07) is 5.55. The van der Waals surface area contributed by atoms with Crippen LogP contribution < -0.4 is 5.32 Å². The van der Waals surface area contributed by atoms with Gasteiger partial charge in [0, 0.05) is 30.6 Å². The molecule has 0 unspecified atom stereocenters. The van der Waals surface area contributed by atoms with E-state index < -0.39 is 11.3 Å². The zero-order valence-electron chi connectivity index (χ0n) is 12.4. The van der Waals surface area contributed by atoms with Crippen molar-refractivity contribution in [2.45, 2.75) is 39.0 Å². The second-order valence-electron chi connectivity index (χ2n) is 6.38. The predicted octanol–water partition coefficient (Wildman–Crippen LogP) is 3.96. The third kappa shape index (κ3) is 2.49. The number of piperidine rings is 1. The van der Waals surface area contributed by atoms with Gasteiger partial charge < -0.3 is 10.2 Å². The molecule has 3 rings (SSSR count). The molecule has 1 saturated carbocycles. The number of carbonyl (C=O) groups excluding carboxylic acids is 1. The number of anilines is 1. The molecular weight excluding hydrogens is 274 g/mol. The van der Waals surface area contributed by atoms with Crippen LogP contribution in [0.2, 0.25) is 0 Å². The van der Waals surface area contributed by atoms with Crippen LogP contribution in [0.3, 0.4) is 0 Å². The molecule has 0 bridgehead atoms.